The van der Waals surface area contributed by atoms with Crippen LogP contribution in [0.15, 0.2) is 24.3 Å². The normalized spacial score (nSPS) is 26.1. The van der Waals surface area contributed by atoms with Crippen molar-refractivity contribution in [2.24, 2.45) is 5.92 Å². The number of nitrogens with one attached hydrogen (secondary N) is 2. The van der Waals surface area contributed by atoms with E-state index in [0.29, 0.717) is 0 Å². The van der Waals surface area contributed by atoms with Crippen molar-refractivity contribution in [2.45, 2.75) is 25.3 Å². The molecular weight excluding hydrogens is 240 g/mol. The molecule has 1 aromatic rings. The number of carbonyl (C=O) groups excluding carboxylic acids is 1. The Labute approximate surface area is 113 Å². The van der Waals surface area contributed by atoms with Crippen molar-refractivity contribution >= 4 is 5.91 Å². The van der Waals surface area contributed by atoms with Crippen molar-refractivity contribution in [3.8, 4) is 5.75 Å². The fourth-order valence-electron chi connectivity index (χ4n) is 2.84. The maximum atomic E-state index is 12.2. The first kappa shape index (κ1) is 12.5. The Bertz CT molecular complexity index is 455. The van der Waals surface area contributed by atoms with Gasteiger partial charge in [0.05, 0.1) is 18.6 Å². The first-order chi connectivity index (χ1) is 9.34. The molecule has 2 unspecified atom stereocenters. The van der Waals surface area contributed by atoms with Crippen LogP contribution in [0.4, 0.5) is 0 Å². The monoisotopic (exact) mass is 260 g/mol. The van der Waals surface area contributed by atoms with E-state index in [1.807, 2.05) is 18.2 Å². The van der Waals surface area contributed by atoms with Gasteiger partial charge in [-0.15, -0.1) is 0 Å². The third-order valence-corrected chi connectivity index (χ3v) is 3.94. The second-order valence-corrected chi connectivity index (χ2v) is 5.28. The molecule has 1 fully saturated rings. The summed E-state index contributed by atoms with van der Waals surface area (Å²) in [6.07, 6.45) is 2.86. The lowest BCUT2D eigenvalue weighted by Crippen LogP contribution is -2.34. The smallest absolute Gasteiger partial charge is 0.224 e. The van der Waals surface area contributed by atoms with Crippen LogP contribution in [0.25, 0.3) is 0 Å². The predicted octanol–water partition coefficient (Wildman–Crippen LogP) is 1.63. The number of ether oxygens (including phenoxy) is 1. The first-order valence-corrected chi connectivity index (χ1v) is 7.07. The van der Waals surface area contributed by atoms with Crippen LogP contribution in [-0.4, -0.2) is 25.6 Å². The lowest BCUT2D eigenvalue weighted by Gasteiger charge is -2.20. The summed E-state index contributed by atoms with van der Waals surface area (Å²) in [4.78, 5) is 12.2. The second-order valence-electron chi connectivity index (χ2n) is 5.28. The van der Waals surface area contributed by atoms with Crippen LogP contribution in [0, 0.1) is 5.92 Å². The molecule has 2 aliphatic rings. The highest BCUT2D eigenvalue weighted by atomic mass is 16.5. The maximum absolute atomic E-state index is 12.2. The molecule has 0 spiro atoms. The van der Waals surface area contributed by atoms with E-state index in [2.05, 4.69) is 16.7 Å². The quantitative estimate of drug-likeness (QED) is 0.849. The molecule has 3 rings (SSSR count). The van der Waals surface area contributed by atoms with Gasteiger partial charge in [0.2, 0.25) is 5.91 Å². The Balaban J connectivity index is 1.74. The minimum Gasteiger partial charge on any atom is -0.493 e. The summed E-state index contributed by atoms with van der Waals surface area (Å²) >= 11 is 0. The first-order valence-electron chi connectivity index (χ1n) is 7.07. The van der Waals surface area contributed by atoms with Crippen molar-refractivity contribution < 1.29 is 9.53 Å². The second kappa shape index (κ2) is 5.61. The summed E-state index contributed by atoms with van der Waals surface area (Å²) in [7, 11) is 0. The van der Waals surface area contributed by atoms with Gasteiger partial charge < -0.3 is 15.4 Å². The van der Waals surface area contributed by atoms with Gasteiger partial charge in [0.15, 0.2) is 0 Å². The average Bonchev–Trinajstić information content (AvgIpc) is 2.90. The van der Waals surface area contributed by atoms with Crippen LogP contribution < -0.4 is 15.4 Å². The van der Waals surface area contributed by atoms with Crippen molar-refractivity contribution in [2.75, 3.05) is 19.7 Å². The van der Waals surface area contributed by atoms with Gasteiger partial charge >= 0.3 is 0 Å². The largest absolute Gasteiger partial charge is 0.493 e. The number of hydrogen-bond donors (Lipinski definition) is 2. The van der Waals surface area contributed by atoms with E-state index in [4.69, 9.17) is 4.74 Å². The van der Waals surface area contributed by atoms with E-state index in [1.165, 1.54) is 0 Å². The molecular formula is C15H20N2O2. The third-order valence-electron chi connectivity index (χ3n) is 3.94. The SMILES string of the molecule is O=C(NC1CCCOc2ccccc21)C1CCNC1. The van der Waals surface area contributed by atoms with Crippen LogP contribution >= 0.6 is 0 Å². The van der Waals surface area contributed by atoms with Crippen molar-refractivity contribution in [3.63, 3.8) is 0 Å². The molecule has 102 valence electrons. The molecule has 1 saturated heterocycles. The number of fused-ring (bicyclic) bond motifs is 1. The third kappa shape index (κ3) is 2.73. The van der Waals surface area contributed by atoms with Crippen LogP contribution in [0.1, 0.15) is 30.9 Å². The molecule has 1 amide bonds. The maximum Gasteiger partial charge on any atom is 0.224 e. The summed E-state index contributed by atoms with van der Waals surface area (Å²) in [6.45, 7) is 2.48. The zero-order valence-corrected chi connectivity index (χ0v) is 11.0. The zero-order valence-electron chi connectivity index (χ0n) is 11.0. The molecule has 0 aliphatic carbocycles. The van der Waals surface area contributed by atoms with E-state index in [0.717, 1.165) is 50.3 Å². The summed E-state index contributed by atoms with van der Waals surface area (Å²) in [5.74, 6) is 1.21. The number of rotatable bonds is 2. The van der Waals surface area contributed by atoms with Crippen LogP contribution in [0.3, 0.4) is 0 Å². The Hall–Kier alpha value is -1.55. The van der Waals surface area contributed by atoms with Gasteiger partial charge in [-0.1, -0.05) is 18.2 Å². The predicted molar refractivity (Wildman–Crippen MR) is 73.0 cm³/mol. The number of hydrogen-bond acceptors (Lipinski definition) is 3. The molecule has 19 heavy (non-hydrogen) atoms. The molecule has 2 atom stereocenters. The number of amides is 1. The van der Waals surface area contributed by atoms with Crippen LogP contribution in [-0.2, 0) is 4.79 Å². The van der Waals surface area contributed by atoms with E-state index >= 15 is 0 Å². The highest BCUT2D eigenvalue weighted by Gasteiger charge is 2.27. The Morgan fingerprint density at radius 3 is 3.05 bits per heavy atom. The van der Waals surface area contributed by atoms with Gasteiger partial charge in [-0.25, -0.2) is 0 Å². The Kier molecular flexibility index (Phi) is 3.69. The van der Waals surface area contributed by atoms with E-state index in [-0.39, 0.29) is 17.9 Å². The molecule has 0 bridgehead atoms. The standard InChI is InChI=1S/C15H20N2O2/c18-15(11-7-8-16-10-11)17-13-5-3-9-19-14-6-2-1-4-12(13)14/h1-2,4,6,11,13,16H,3,5,7-10H2,(H,17,18). The Morgan fingerprint density at radius 2 is 2.21 bits per heavy atom. The fourth-order valence-corrected chi connectivity index (χ4v) is 2.84. The molecule has 4 heteroatoms. The van der Waals surface area contributed by atoms with Gasteiger partial charge in [-0.05, 0) is 31.9 Å². The van der Waals surface area contributed by atoms with Gasteiger partial charge in [0.1, 0.15) is 5.75 Å². The van der Waals surface area contributed by atoms with E-state index < -0.39 is 0 Å². The van der Waals surface area contributed by atoms with Crippen molar-refractivity contribution in [1.82, 2.24) is 10.6 Å². The van der Waals surface area contributed by atoms with Crippen LogP contribution in [0.2, 0.25) is 0 Å². The topological polar surface area (TPSA) is 50.4 Å². The molecule has 0 radical (unpaired) electrons. The number of para-hydroxylation sites is 1. The van der Waals surface area contributed by atoms with Crippen LogP contribution in [0.5, 0.6) is 5.75 Å². The minimum absolute atomic E-state index is 0.0896. The number of benzene rings is 1. The molecule has 2 heterocycles. The summed E-state index contributed by atoms with van der Waals surface area (Å²) in [6, 6.07) is 8.11. The highest BCUT2D eigenvalue weighted by molar-refractivity contribution is 5.79. The summed E-state index contributed by atoms with van der Waals surface area (Å²) < 4.78 is 5.72. The molecule has 0 aromatic heterocycles. The molecule has 2 N–H and O–H groups in total. The van der Waals surface area contributed by atoms with E-state index in [9.17, 15) is 4.79 Å². The molecule has 4 nitrogen and oxygen atoms in total. The minimum atomic E-state index is 0.0896. The van der Waals surface area contributed by atoms with Gasteiger partial charge in [0.25, 0.3) is 0 Å². The van der Waals surface area contributed by atoms with Crippen molar-refractivity contribution in [1.29, 1.82) is 0 Å². The van der Waals surface area contributed by atoms with Crippen molar-refractivity contribution in [3.05, 3.63) is 29.8 Å². The zero-order chi connectivity index (χ0) is 13.1. The van der Waals surface area contributed by atoms with Gasteiger partial charge in [-0.2, -0.15) is 0 Å². The molecule has 2 aliphatic heterocycles. The molecule has 1 aromatic carbocycles. The number of carbonyl (C=O) groups is 1. The average molecular weight is 260 g/mol. The fraction of sp³-hybridized carbons (Fsp3) is 0.533. The van der Waals surface area contributed by atoms with Gasteiger partial charge in [0, 0.05) is 12.1 Å². The van der Waals surface area contributed by atoms with Gasteiger partial charge in [-0.3, -0.25) is 4.79 Å². The summed E-state index contributed by atoms with van der Waals surface area (Å²) in [5, 5.41) is 6.43. The summed E-state index contributed by atoms with van der Waals surface area (Å²) in [5.41, 5.74) is 1.11. The lowest BCUT2D eigenvalue weighted by atomic mass is 10.0. The molecule has 0 saturated carbocycles. The Morgan fingerprint density at radius 1 is 1.32 bits per heavy atom. The highest BCUT2D eigenvalue weighted by Crippen LogP contribution is 2.31. The lowest BCUT2D eigenvalue weighted by molar-refractivity contribution is -0.125. The van der Waals surface area contributed by atoms with E-state index in [1.54, 1.807) is 0 Å².